The van der Waals surface area contributed by atoms with E-state index in [1.54, 1.807) is 13.8 Å². The van der Waals surface area contributed by atoms with Gasteiger partial charge in [0.25, 0.3) is 11.3 Å². The maximum atomic E-state index is 12.0. The summed E-state index contributed by atoms with van der Waals surface area (Å²) in [6.45, 7) is 3.36. The highest BCUT2D eigenvalue weighted by Crippen LogP contribution is 2.18. The first-order valence-corrected chi connectivity index (χ1v) is 5.81. The Labute approximate surface area is 107 Å². The number of nitrogens with one attached hydrogen (secondary N) is 1. The highest BCUT2D eigenvalue weighted by atomic mass is 16.2. The van der Waals surface area contributed by atoms with Crippen molar-refractivity contribution in [2.75, 3.05) is 4.90 Å². The van der Waals surface area contributed by atoms with Crippen LogP contribution < -0.4 is 10.5 Å². The van der Waals surface area contributed by atoms with Crippen LogP contribution in [0.3, 0.4) is 0 Å². The van der Waals surface area contributed by atoms with E-state index in [2.05, 4.69) is 15.1 Å². The Bertz CT molecular complexity index is 756. The number of imide groups is 1. The molecule has 0 aliphatic carbocycles. The van der Waals surface area contributed by atoms with Crippen molar-refractivity contribution in [3.63, 3.8) is 0 Å². The van der Waals surface area contributed by atoms with Crippen molar-refractivity contribution < 1.29 is 9.59 Å². The SMILES string of the molecule is Cc1nc2nc(N3C(=O)CCC3=O)[nH]n2c(=O)c1C. The summed E-state index contributed by atoms with van der Waals surface area (Å²) in [5, 5.41) is 2.65. The second kappa shape index (κ2) is 3.74. The second-order valence-corrected chi connectivity index (χ2v) is 4.43. The molecule has 19 heavy (non-hydrogen) atoms. The highest BCUT2D eigenvalue weighted by Gasteiger charge is 2.33. The normalized spacial score (nSPS) is 15.8. The Morgan fingerprint density at radius 2 is 1.68 bits per heavy atom. The van der Waals surface area contributed by atoms with Gasteiger partial charge in [-0.3, -0.25) is 19.5 Å². The van der Waals surface area contributed by atoms with Gasteiger partial charge in [0.2, 0.25) is 17.8 Å². The number of fused-ring (bicyclic) bond motifs is 1. The summed E-state index contributed by atoms with van der Waals surface area (Å²) in [6, 6.07) is 0. The van der Waals surface area contributed by atoms with Crippen molar-refractivity contribution in [3.8, 4) is 0 Å². The number of hydrogen-bond donors (Lipinski definition) is 1. The quantitative estimate of drug-likeness (QED) is 0.709. The largest absolute Gasteiger partial charge is 0.277 e. The van der Waals surface area contributed by atoms with Crippen LogP contribution in [0.2, 0.25) is 0 Å². The Morgan fingerprint density at radius 1 is 1.05 bits per heavy atom. The van der Waals surface area contributed by atoms with Crippen LogP contribution in [0.1, 0.15) is 24.1 Å². The maximum absolute atomic E-state index is 12.0. The minimum atomic E-state index is -0.328. The van der Waals surface area contributed by atoms with Crippen LogP contribution in [-0.2, 0) is 9.59 Å². The Morgan fingerprint density at radius 3 is 2.32 bits per heavy atom. The van der Waals surface area contributed by atoms with Gasteiger partial charge in [0.05, 0.1) is 0 Å². The molecule has 8 nitrogen and oxygen atoms in total. The minimum absolute atomic E-state index is 0.0436. The van der Waals surface area contributed by atoms with Gasteiger partial charge in [-0.1, -0.05) is 0 Å². The number of hydrogen-bond acceptors (Lipinski definition) is 5. The molecule has 3 heterocycles. The zero-order valence-electron chi connectivity index (χ0n) is 10.4. The topological polar surface area (TPSA) is 100 Å². The lowest BCUT2D eigenvalue weighted by Crippen LogP contribution is -2.30. The number of rotatable bonds is 1. The number of aromatic amines is 1. The van der Waals surface area contributed by atoms with Gasteiger partial charge in [-0.2, -0.15) is 9.50 Å². The van der Waals surface area contributed by atoms with E-state index in [-0.39, 0.29) is 41.9 Å². The fourth-order valence-corrected chi connectivity index (χ4v) is 2.01. The molecule has 0 saturated carbocycles. The zero-order valence-corrected chi connectivity index (χ0v) is 10.4. The molecule has 8 heteroatoms. The van der Waals surface area contributed by atoms with E-state index in [9.17, 15) is 14.4 Å². The third kappa shape index (κ3) is 1.56. The molecule has 1 saturated heterocycles. The molecule has 0 radical (unpaired) electrons. The van der Waals surface area contributed by atoms with Gasteiger partial charge in [0, 0.05) is 24.1 Å². The molecule has 2 aromatic rings. The molecule has 98 valence electrons. The summed E-state index contributed by atoms with van der Waals surface area (Å²) < 4.78 is 1.14. The Kier molecular flexibility index (Phi) is 2.28. The number of carbonyl (C=O) groups excluding carboxylic acids is 2. The lowest BCUT2D eigenvalue weighted by Gasteiger charge is -2.07. The molecule has 0 aromatic carbocycles. The maximum Gasteiger partial charge on any atom is 0.277 e. The number of nitrogens with zero attached hydrogens (tertiary/aromatic N) is 4. The lowest BCUT2D eigenvalue weighted by molar-refractivity contribution is -0.121. The van der Waals surface area contributed by atoms with Gasteiger partial charge >= 0.3 is 0 Å². The van der Waals surface area contributed by atoms with Crippen LogP contribution in [-0.4, -0.2) is 31.4 Å². The molecule has 0 spiro atoms. The third-order valence-electron chi connectivity index (χ3n) is 3.22. The molecule has 0 atom stereocenters. The van der Waals surface area contributed by atoms with Crippen LogP contribution in [0.15, 0.2) is 4.79 Å². The predicted octanol–water partition coefficient (Wildman–Crippen LogP) is -0.312. The monoisotopic (exact) mass is 261 g/mol. The Balaban J connectivity index is 2.23. The summed E-state index contributed by atoms with van der Waals surface area (Å²) in [5.74, 6) is -0.464. The second-order valence-electron chi connectivity index (χ2n) is 4.43. The first-order chi connectivity index (χ1) is 8.99. The van der Waals surface area contributed by atoms with Crippen molar-refractivity contribution in [1.29, 1.82) is 0 Å². The molecule has 2 aromatic heterocycles. The first kappa shape index (κ1) is 11.6. The lowest BCUT2D eigenvalue weighted by atomic mass is 10.3. The van der Waals surface area contributed by atoms with Crippen LogP contribution in [0.5, 0.6) is 0 Å². The average Bonchev–Trinajstić information content (AvgIpc) is 2.90. The number of aromatic nitrogens is 4. The van der Waals surface area contributed by atoms with E-state index in [0.29, 0.717) is 11.3 Å². The van der Waals surface area contributed by atoms with Crippen LogP contribution in [0.25, 0.3) is 5.78 Å². The van der Waals surface area contributed by atoms with Gasteiger partial charge < -0.3 is 0 Å². The van der Waals surface area contributed by atoms with E-state index in [4.69, 9.17) is 0 Å². The van der Waals surface area contributed by atoms with Gasteiger partial charge in [-0.05, 0) is 13.8 Å². The molecule has 1 fully saturated rings. The number of anilines is 1. The molecule has 2 amide bonds. The molecule has 1 aliphatic heterocycles. The minimum Gasteiger partial charge on any atom is -0.274 e. The molecule has 0 unspecified atom stereocenters. The van der Waals surface area contributed by atoms with Gasteiger partial charge in [0.15, 0.2) is 0 Å². The number of aryl methyl sites for hydroxylation is 1. The summed E-state index contributed by atoms with van der Waals surface area (Å²) in [6.07, 6.45) is 0.326. The van der Waals surface area contributed by atoms with E-state index in [0.717, 1.165) is 9.42 Å². The summed E-state index contributed by atoms with van der Waals surface area (Å²) >= 11 is 0. The third-order valence-corrected chi connectivity index (χ3v) is 3.22. The Hall–Kier alpha value is -2.51. The van der Waals surface area contributed by atoms with Crippen molar-refractivity contribution in [2.45, 2.75) is 26.7 Å². The zero-order chi connectivity index (χ0) is 13.7. The van der Waals surface area contributed by atoms with Crippen molar-refractivity contribution >= 4 is 23.5 Å². The molecule has 1 aliphatic rings. The predicted molar refractivity (Wildman–Crippen MR) is 64.8 cm³/mol. The fourth-order valence-electron chi connectivity index (χ4n) is 2.01. The van der Waals surface area contributed by atoms with E-state index in [1.165, 1.54) is 0 Å². The van der Waals surface area contributed by atoms with Gasteiger partial charge in [-0.25, -0.2) is 9.88 Å². The summed E-state index contributed by atoms with van der Waals surface area (Å²) in [7, 11) is 0. The smallest absolute Gasteiger partial charge is 0.274 e. The molecular formula is C11H11N5O3. The van der Waals surface area contributed by atoms with Gasteiger partial charge in [0.1, 0.15) is 0 Å². The molecule has 0 bridgehead atoms. The molecular weight excluding hydrogens is 250 g/mol. The standard InChI is InChI=1S/C11H11N5O3/c1-5-6(2)12-10-13-11(14-16(10)9(5)19)15-7(17)3-4-8(15)18/h3-4H2,1-2H3,(H,12,13,14). The number of carbonyl (C=O) groups is 2. The highest BCUT2D eigenvalue weighted by molar-refractivity contribution is 6.18. The fraction of sp³-hybridized carbons (Fsp3) is 0.364. The number of H-pyrrole nitrogens is 1. The first-order valence-electron chi connectivity index (χ1n) is 5.81. The molecule has 1 N–H and O–H groups in total. The number of amides is 2. The average molecular weight is 261 g/mol. The van der Waals surface area contributed by atoms with Crippen molar-refractivity contribution in [3.05, 3.63) is 21.6 Å². The van der Waals surface area contributed by atoms with E-state index < -0.39 is 0 Å². The van der Waals surface area contributed by atoms with Crippen LogP contribution in [0.4, 0.5) is 5.95 Å². The van der Waals surface area contributed by atoms with Crippen molar-refractivity contribution in [2.24, 2.45) is 0 Å². The van der Waals surface area contributed by atoms with E-state index >= 15 is 0 Å². The van der Waals surface area contributed by atoms with Crippen LogP contribution in [0, 0.1) is 13.8 Å². The van der Waals surface area contributed by atoms with Crippen LogP contribution >= 0.6 is 0 Å². The van der Waals surface area contributed by atoms with Gasteiger partial charge in [-0.15, -0.1) is 0 Å². The summed E-state index contributed by atoms with van der Waals surface area (Å²) in [4.78, 5) is 44.4. The molecule has 3 rings (SSSR count). The summed E-state index contributed by atoms with van der Waals surface area (Å²) in [5.41, 5.74) is 0.772. The van der Waals surface area contributed by atoms with Crippen molar-refractivity contribution in [1.82, 2.24) is 19.6 Å². The van der Waals surface area contributed by atoms with E-state index in [1.807, 2.05) is 0 Å².